The minimum atomic E-state index is -0.0708. The van der Waals surface area contributed by atoms with E-state index in [1.165, 1.54) is 0 Å². The Bertz CT molecular complexity index is 1040. The molecule has 0 aliphatic carbocycles. The summed E-state index contributed by atoms with van der Waals surface area (Å²) in [6, 6.07) is 41.7. The monoisotopic (exact) mass is 402 g/mol. The van der Waals surface area contributed by atoms with Crippen molar-refractivity contribution >= 4 is 0 Å². The van der Waals surface area contributed by atoms with Crippen LogP contribution in [0, 0.1) is 0 Å². The van der Waals surface area contributed by atoms with Crippen LogP contribution in [0.1, 0.15) is 45.5 Å². The Balaban J connectivity index is 1.71. The Hall–Kier alpha value is -3.98. The van der Waals surface area contributed by atoms with Gasteiger partial charge >= 0.3 is 0 Å². The maximum Gasteiger partial charge on any atom is 0.121 e. The van der Waals surface area contributed by atoms with Crippen molar-refractivity contribution in [2.45, 2.75) is 11.8 Å². The third-order valence-corrected chi connectivity index (χ3v) is 5.62. The van der Waals surface area contributed by atoms with Gasteiger partial charge in [0.1, 0.15) is 11.4 Å². The Morgan fingerprint density at radius 3 is 0.903 bits per heavy atom. The first-order valence-corrected chi connectivity index (χ1v) is 10.4. The molecule has 0 aliphatic rings. The summed E-state index contributed by atoms with van der Waals surface area (Å²) in [7, 11) is 0. The van der Waals surface area contributed by atoms with Gasteiger partial charge in [-0.25, -0.2) is 4.63 Å². The molecule has 1 aromatic heterocycles. The SMILES string of the molecule is c1ccc(C(c2ccccc2)c2nonc2C(c2ccccc2)c2ccccc2)cc1. The molecule has 0 bridgehead atoms. The first kappa shape index (κ1) is 19.0. The van der Waals surface area contributed by atoms with E-state index in [9.17, 15) is 0 Å². The first-order chi connectivity index (χ1) is 15.4. The highest BCUT2D eigenvalue weighted by atomic mass is 16.6. The van der Waals surface area contributed by atoms with Gasteiger partial charge in [-0.05, 0) is 22.3 Å². The van der Waals surface area contributed by atoms with Gasteiger partial charge in [0.05, 0.1) is 11.8 Å². The molecule has 0 saturated heterocycles. The zero-order valence-corrected chi connectivity index (χ0v) is 17.0. The van der Waals surface area contributed by atoms with Crippen molar-refractivity contribution in [3.05, 3.63) is 155 Å². The summed E-state index contributed by atoms with van der Waals surface area (Å²) >= 11 is 0. The summed E-state index contributed by atoms with van der Waals surface area (Å²) in [4.78, 5) is 0. The van der Waals surface area contributed by atoms with Gasteiger partial charge in [-0.15, -0.1) is 0 Å². The van der Waals surface area contributed by atoms with Crippen molar-refractivity contribution in [2.24, 2.45) is 0 Å². The maximum absolute atomic E-state index is 5.39. The van der Waals surface area contributed by atoms with Crippen molar-refractivity contribution < 1.29 is 4.63 Å². The van der Waals surface area contributed by atoms with Gasteiger partial charge in [0, 0.05) is 0 Å². The van der Waals surface area contributed by atoms with Gasteiger partial charge in [-0.3, -0.25) is 0 Å². The molecule has 1 heterocycles. The van der Waals surface area contributed by atoms with Crippen LogP contribution < -0.4 is 0 Å². The van der Waals surface area contributed by atoms with Crippen molar-refractivity contribution in [3.8, 4) is 0 Å². The molecule has 3 heteroatoms. The Morgan fingerprint density at radius 1 is 0.387 bits per heavy atom. The minimum Gasteiger partial charge on any atom is -0.244 e. The number of benzene rings is 4. The lowest BCUT2D eigenvalue weighted by Gasteiger charge is -2.21. The second kappa shape index (κ2) is 8.80. The summed E-state index contributed by atoms with van der Waals surface area (Å²) in [5.74, 6) is -0.142. The molecule has 0 unspecified atom stereocenters. The van der Waals surface area contributed by atoms with Crippen LogP contribution in [0.3, 0.4) is 0 Å². The molecule has 0 radical (unpaired) electrons. The van der Waals surface area contributed by atoms with Crippen molar-refractivity contribution in [1.82, 2.24) is 10.3 Å². The highest BCUT2D eigenvalue weighted by Crippen LogP contribution is 2.39. The molecule has 0 saturated carbocycles. The zero-order valence-electron chi connectivity index (χ0n) is 17.0. The zero-order chi connectivity index (χ0) is 20.9. The lowest BCUT2D eigenvalue weighted by Crippen LogP contribution is -2.12. The summed E-state index contributed by atoms with van der Waals surface area (Å²) in [6.07, 6.45) is 0. The minimum absolute atomic E-state index is 0.0708. The molecule has 0 N–H and O–H groups in total. The molecule has 0 spiro atoms. The average Bonchev–Trinajstić information content (AvgIpc) is 3.31. The van der Waals surface area contributed by atoms with Gasteiger partial charge in [0.15, 0.2) is 0 Å². The van der Waals surface area contributed by atoms with Crippen molar-refractivity contribution in [3.63, 3.8) is 0 Å². The molecule has 5 aromatic rings. The number of hydrogen-bond donors (Lipinski definition) is 0. The van der Waals surface area contributed by atoms with E-state index in [2.05, 4.69) is 107 Å². The van der Waals surface area contributed by atoms with E-state index in [0.29, 0.717) is 0 Å². The summed E-state index contributed by atoms with van der Waals surface area (Å²) in [5, 5.41) is 8.91. The Labute approximate surface area is 182 Å². The molecule has 0 atom stereocenters. The van der Waals surface area contributed by atoms with E-state index in [4.69, 9.17) is 4.63 Å². The van der Waals surface area contributed by atoms with E-state index in [0.717, 1.165) is 33.6 Å². The molecular weight excluding hydrogens is 380 g/mol. The van der Waals surface area contributed by atoms with Gasteiger partial charge in [-0.2, -0.15) is 0 Å². The summed E-state index contributed by atoms with van der Waals surface area (Å²) < 4.78 is 5.39. The molecule has 3 nitrogen and oxygen atoms in total. The smallest absolute Gasteiger partial charge is 0.121 e. The molecular formula is C28H22N2O. The standard InChI is InChI=1S/C28H22N2O/c1-5-13-21(14-6-1)25(22-15-7-2-8-16-22)27-28(30-31-29-27)26(23-17-9-3-10-18-23)24-19-11-4-12-20-24/h1-20,25-26H. The van der Waals surface area contributed by atoms with E-state index in [1.54, 1.807) is 0 Å². The topological polar surface area (TPSA) is 38.9 Å². The molecule has 0 fully saturated rings. The third-order valence-electron chi connectivity index (χ3n) is 5.62. The maximum atomic E-state index is 5.39. The third kappa shape index (κ3) is 3.90. The Morgan fingerprint density at radius 2 is 0.645 bits per heavy atom. The molecule has 31 heavy (non-hydrogen) atoms. The average molecular weight is 402 g/mol. The highest BCUT2D eigenvalue weighted by Gasteiger charge is 2.30. The number of aromatic nitrogens is 2. The van der Waals surface area contributed by atoms with E-state index < -0.39 is 0 Å². The molecule has 0 amide bonds. The second-order valence-electron chi connectivity index (χ2n) is 7.54. The van der Waals surface area contributed by atoms with Gasteiger partial charge in [0.25, 0.3) is 0 Å². The van der Waals surface area contributed by atoms with Gasteiger partial charge < -0.3 is 0 Å². The van der Waals surface area contributed by atoms with E-state index in [1.807, 2.05) is 24.3 Å². The van der Waals surface area contributed by atoms with Crippen molar-refractivity contribution in [2.75, 3.05) is 0 Å². The second-order valence-corrected chi connectivity index (χ2v) is 7.54. The fourth-order valence-electron chi connectivity index (χ4n) is 4.20. The molecule has 150 valence electrons. The molecule has 4 aromatic carbocycles. The van der Waals surface area contributed by atoms with Crippen LogP contribution in [0.5, 0.6) is 0 Å². The fourth-order valence-corrected chi connectivity index (χ4v) is 4.20. The van der Waals surface area contributed by atoms with E-state index in [-0.39, 0.29) is 11.8 Å². The van der Waals surface area contributed by atoms with Crippen LogP contribution >= 0.6 is 0 Å². The molecule has 5 rings (SSSR count). The predicted molar refractivity (Wildman–Crippen MR) is 122 cm³/mol. The predicted octanol–water partition coefficient (Wildman–Crippen LogP) is 6.43. The summed E-state index contributed by atoms with van der Waals surface area (Å²) in [5.41, 5.74) is 6.32. The molecule has 0 aliphatic heterocycles. The fraction of sp³-hybridized carbons (Fsp3) is 0.0714. The van der Waals surface area contributed by atoms with Crippen LogP contribution in [0.4, 0.5) is 0 Å². The van der Waals surface area contributed by atoms with Crippen LogP contribution in [0.15, 0.2) is 126 Å². The number of hydrogen-bond acceptors (Lipinski definition) is 3. The lowest BCUT2D eigenvalue weighted by molar-refractivity contribution is 0.299. The van der Waals surface area contributed by atoms with E-state index >= 15 is 0 Å². The first-order valence-electron chi connectivity index (χ1n) is 10.4. The largest absolute Gasteiger partial charge is 0.244 e. The van der Waals surface area contributed by atoms with Crippen molar-refractivity contribution in [1.29, 1.82) is 0 Å². The van der Waals surface area contributed by atoms with Crippen LogP contribution in [-0.4, -0.2) is 10.3 Å². The van der Waals surface area contributed by atoms with Crippen LogP contribution in [0.25, 0.3) is 0 Å². The van der Waals surface area contributed by atoms with Gasteiger partial charge in [0.2, 0.25) is 0 Å². The Kier molecular flexibility index (Phi) is 5.40. The number of rotatable bonds is 6. The quantitative estimate of drug-likeness (QED) is 0.328. The van der Waals surface area contributed by atoms with Gasteiger partial charge in [-0.1, -0.05) is 132 Å². The van der Waals surface area contributed by atoms with Crippen LogP contribution in [-0.2, 0) is 0 Å². The normalized spacial score (nSPS) is 11.2. The lowest BCUT2D eigenvalue weighted by atomic mass is 9.81. The highest BCUT2D eigenvalue weighted by molar-refractivity contribution is 5.47. The summed E-state index contributed by atoms with van der Waals surface area (Å²) in [6.45, 7) is 0. The number of nitrogens with zero attached hydrogens (tertiary/aromatic N) is 2. The van der Waals surface area contributed by atoms with Crippen LogP contribution in [0.2, 0.25) is 0 Å².